The van der Waals surface area contributed by atoms with Gasteiger partial charge >= 0.3 is 6.03 Å². The number of anilines is 1. The highest BCUT2D eigenvalue weighted by molar-refractivity contribution is 5.96. The standard InChI is InChI=1S/C23H28N4O2/c1-16(18-4-3-5-21(12-18)29-2)27-22(28)26(15-23(27)10-11-23)20-8-6-17(7-9-20)19-13-24-25-14-19/h3-9,12,16,19,24-25H,10-11,13-15H2,1-2H3/t16-/m1/s1. The molecule has 6 nitrogen and oxygen atoms in total. The van der Waals surface area contributed by atoms with Crippen LogP contribution in [-0.2, 0) is 0 Å². The zero-order chi connectivity index (χ0) is 20.0. The molecule has 2 aliphatic heterocycles. The Labute approximate surface area is 171 Å². The van der Waals surface area contributed by atoms with Crippen molar-refractivity contribution in [3.8, 4) is 5.75 Å². The van der Waals surface area contributed by atoms with E-state index in [1.807, 2.05) is 23.1 Å². The molecule has 0 radical (unpaired) electrons. The van der Waals surface area contributed by atoms with Crippen LogP contribution in [0.1, 0.15) is 42.9 Å². The summed E-state index contributed by atoms with van der Waals surface area (Å²) in [5, 5.41) is 0. The summed E-state index contributed by atoms with van der Waals surface area (Å²) in [5.74, 6) is 1.31. The number of hydrogen-bond donors (Lipinski definition) is 2. The highest BCUT2D eigenvalue weighted by Crippen LogP contribution is 2.51. The number of nitrogens with zero attached hydrogens (tertiary/aromatic N) is 2. The van der Waals surface area contributed by atoms with Gasteiger partial charge in [0.1, 0.15) is 5.75 Å². The maximum Gasteiger partial charge on any atom is 0.325 e. The van der Waals surface area contributed by atoms with Gasteiger partial charge in [-0.15, -0.1) is 0 Å². The lowest BCUT2D eigenvalue weighted by atomic mass is 10.00. The fraction of sp³-hybridized carbons (Fsp3) is 0.435. The molecule has 2 N–H and O–H groups in total. The third-order valence-electron chi connectivity index (χ3n) is 6.69. The zero-order valence-corrected chi connectivity index (χ0v) is 17.0. The summed E-state index contributed by atoms with van der Waals surface area (Å²) in [4.78, 5) is 17.5. The largest absolute Gasteiger partial charge is 0.497 e. The zero-order valence-electron chi connectivity index (χ0n) is 17.0. The molecule has 1 aliphatic carbocycles. The number of nitrogens with one attached hydrogen (secondary N) is 2. The van der Waals surface area contributed by atoms with E-state index in [1.54, 1.807) is 7.11 Å². The number of urea groups is 1. The van der Waals surface area contributed by atoms with E-state index in [0.29, 0.717) is 5.92 Å². The van der Waals surface area contributed by atoms with Gasteiger partial charge in [-0.1, -0.05) is 24.3 Å². The molecule has 1 saturated carbocycles. The Morgan fingerprint density at radius 3 is 2.48 bits per heavy atom. The normalized spacial score (nSPS) is 21.8. The number of methoxy groups -OCH3 is 1. The Balaban J connectivity index is 1.39. The molecule has 2 heterocycles. The molecular weight excluding hydrogens is 364 g/mol. The van der Waals surface area contributed by atoms with Crippen LogP contribution in [0.2, 0.25) is 0 Å². The molecule has 2 aromatic rings. The smallest absolute Gasteiger partial charge is 0.325 e. The highest BCUT2D eigenvalue weighted by Gasteiger charge is 2.59. The van der Waals surface area contributed by atoms with E-state index in [2.05, 4.69) is 53.0 Å². The lowest BCUT2D eigenvalue weighted by Gasteiger charge is -2.30. The van der Waals surface area contributed by atoms with Crippen molar-refractivity contribution >= 4 is 11.7 Å². The topological polar surface area (TPSA) is 56.8 Å². The second kappa shape index (κ2) is 7.04. The summed E-state index contributed by atoms with van der Waals surface area (Å²) < 4.78 is 5.38. The third kappa shape index (κ3) is 3.16. The number of carbonyl (C=O) groups is 1. The number of ether oxygens (including phenoxy) is 1. The van der Waals surface area contributed by atoms with Crippen molar-refractivity contribution in [1.82, 2.24) is 15.8 Å². The van der Waals surface area contributed by atoms with Crippen molar-refractivity contribution < 1.29 is 9.53 Å². The van der Waals surface area contributed by atoms with E-state index in [9.17, 15) is 4.79 Å². The lowest BCUT2D eigenvalue weighted by molar-refractivity contribution is 0.175. The van der Waals surface area contributed by atoms with E-state index < -0.39 is 0 Å². The lowest BCUT2D eigenvalue weighted by Crippen LogP contribution is -2.38. The van der Waals surface area contributed by atoms with Gasteiger partial charge in [-0.3, -0.25) is 15.8 Å². The van der Waals surface area contributed by atoms with Crippen LogP contribution < -0.4 is 20.5 Å². The van der Waals surface area contributed by atoms with Gasteiger partial charge in [0.2, 0.25) is 0 Å². The predicted molar refractivity (Wildman–Crippen MR) is 113 cm³/mol. The molecule has 5 rings (SSSR count). The molecule has 3 fully saturated rings. The first kappa shape index (κ1) is 18.5. The van der Waals surface area contributed by atoms with E-state index >= 15 is 0 Å². The quantitative estimate of drug-likeness (QED) is 0.819. The fourth-order valence-electron chi connectivity index (χ4n) is 4.77. The maximum absolute atomic E-state index is 13.5. The van der Waals surface area contributed by atoms with E-state index in [4.69, 9.17) is 4.74 Å². The minimum atomic E-state index is -0.0302. The van der Waals surface area contributed by atoms with Gasteiger partial charge in [0.25, 0.3) is 0 Å². The van der Waals surface area contributed by atoms with E-state index in [1.165, 1.54) is 5.56 Å². The van der Waals surface area contributed by atoms with Gasteiger partial charge < -0.3 is 9.64 Å². The molecule has 2 amide bonds. The van der Waals surface area contributed by atoms with Crippen molar-refractivity contribution in [2.75, 3.05) is 31.6 Å². The van der Waals surface area contributed by atoms with Gasteiger partial charge in [0, 0.05) is 24.7 Å². The van der Waals surface area contributed by atoms with Crippen molar-refractivity contribution in [1.29, 1.82) is 0 Å². The number of rotatable bonds is 5. The summed E-state index contributed by atoms with van der Waals surface area (Å²) in [6, 6.07) is 16.7. The first-order valence-electron chi connectivity index (χ1n) is 10.4. The molecule has 0 aromatic heterocycles. The minimum Gasteiger partial charge on any atom is -0.497 e. The molecule has 1 spiro atoms. The SMILES string of the molecule is COc1cccc([C@@H](C)N2C(=O)N(c3ccc(C4CNNC4)cc3)CC23CC3)c1. The number of amides is 2. The minimum absolute atomic E-state index is 0.0139. The molecule has 152 valence electrons. The summed E-state index contributed by atoms with van der Waals surface area (Å²) in [6.07, 6.45) is 2.14. The first-order chi connectivity index (χ1) is 14.1. The molecule has 3 aliphatic rings. The Kier molecular flexibility index (Phi) is 4.48. The van der Waals surface area contributed by atoms with Gasteiger partial charge in [-0.05, 0) is 55.2 Å². The third-order valence-corrected chi connectivity index (χ3v) is 6.69. The van der Waals surface area contributed by atoms with Crippen LogP contribution >= 0.6 is 0 Å². The first-order valence-corrected chi connectivity index (χ1v) is 10.4. The van der Waals surface area contributed by atoms with Crippen LogP contribution in [0.15, 0.2) is 48.5 Å². The summed E-state index contributed by atoms with van der Waals surface area (Å²) >= 11 is 0. The molecule has 2 saturated heterocycles. The molecule has 0 unspecified atom stereocenters. The number of carbonyl (C=O) groups excluding carboxylic acids is 1. The van der Waals surface area contributed by atoms with Crippen molar-refractivity contribution in [2.24, 2.45) is 0 Å². The molecule has 1 atom stereocenters. The summed E-state index contributed by atoms with van der Waals surface area (Å²) in [6.45, 7) is 4.78. The van der Waals surface area contributed by atoms with Crippen molar-refractivity contribution in [3.05, 3.63) is 59.7 Å². The molecular formula is C23H28N4O2. The predicted octanol–water partition coefficient (Wildman–Crippen LogP) is 3.42. The maximum atomic E-state index is 13.5. The number of benzene rings is 2. The summed E-state index contributed by atoms with van der Waals surface area (Å²) in [7, 11) is 1.68. The number of hydrazine groups is 1. The molecule has 6 heteroatoms. The van der Waals surface area contributed by atoms with Gasteiger partial charge in [0.05, 0.1) is 25.2 Å². The summed E-state index contributed by atoms with van der Waals surface area (Å²) in [5.41, 5.74) is 9.74. The molecule has 29 heavy (non-hydrogen) atoms. The molecule has 2 aromatic carbocycles. The Hall–Kier alpha value is -2.57. The van der Waals surface area contributed by atoms with Crippen LogP contribution in [-0.4, -0.2) is 43.2 Å². The van der Waals surface area contributed by atoms with E-state index in [0.717, 1.165) is 49.5 Å². The van der Waals surface area contributed by atoms with Crippen LogP contribution in [0.25, 0.3) is 0 Å². The highest BCUT2D eigenvalue weighted by atomic mass is 16.5. The monoisotopic (exact) mass is 392 g/mol. The van der Waals surface area contributed by atoms with Crippen LogP contribution in [0, 0.1) is 0 Å². The Bertz CT molecular complexity index is 903. The number of hydrogen-bond acceptors (Lipinski definition) is 4. The molecule has 0 bridgehead atoms. The average Bonchev–Trinajstić information content (AvgIpc) is 3.20. The second-order valence-corrected chi connectivity index (χ2v) is 8.47. The van der Waals surface area contributed by atoms with Crippen LogP contribution in [0.3, 0.4) is 0 Å². The Morgan fingerprint density at radius 2 is 1.83 bits per heavy atom. The van der Waals surface area contributed by atoms with Gasteiger partial charge in [0.15, 0.2) is 0 Å². The average molecular weight is 393 g/mol. The van der Waals surface area contributed by atoms with Gasteiger partial charge in [-0.2, -0.15) is 0 Å². The fourth-order valence-corrected chi connectivity index (χ4v) is 4.77. The van der Waals surface area contributed by atoms with Crippen molar-refractivity contribution in [2.45, 2.75) is 37.3 Å². The van der Waals surface area contributed by atoms with E-state index in [-0.39, 0.29) is 17.6 Å². The van der Waals surface area contributed by atoms with Gasteiger partial charge in [-0.25, -0.2) is 4.79 Å². The van der Waals surface area contributed by atoms with Crippen molar-refractivity contribution in [3.63, 3.8) is 0 Å². The van der Waals surface area contributed by atoms with Crippen LogP contribution in [0.4, 0.5) is 10.5 Å². The Morgan fingerprint density at radius 1 is 1.10 bits per heavy atom. The van der Waals surface area contributed by atoms with Crippen LogP contribution in [0.5, 0.6) is 5.75 Å². The second-order valence-electron chi connectivity index (χ2n) is 8.47.